The van der Waals surface area contributed by atoms with E-state index in [0.29, 0.717) is 21.7 Å². The molecule has 2 aromatic carbocycles. The van der Waals surface area contributed by atoms with Gasteiger partial charge in [0, 0.05) is 18.0 Å². The average molecular weight is 363 g/mol. The van der Waals surface area contributed by atoms with Gasteiger partial charge < -0.3 is 15.1 Å². The minimum atomic E-state index is -0.647. The van der Waals surface area contributed by atoms with Crippen LogP contribution in [0.3, 0.4) is 0 Å². The second-order valence-electron chi connectivity index (χ2n) is 4.97. The van der Waals surface area contributed by atoms with Crippen molar-refractivity contribution >= 4 is 51.5 Å². The van der Waals surface area contributed by atoms with E-state index in [1.165, 1.54) is 18.2 Å². The van der Waals surface area contributed by atoms with Crippen molar-refractivity contribution in [3.8, 4) is 0 Å². The number of nitrogens with one attached hydrogen (secondary N) is 2. The second-order valence-corrected chi connectivity index (χ2v) is 5.78. The number of benzene rings is 2. The lowest BCUT2D eigenvalue weighted by molar-refractivity contribution is 0.102. The number of anilines is 2. The summed E-state index contributed by atoms with van der Waals surface area (Å²) < 4.78 is 5.26. The van der Waals surface area contributed by atoms with Crippen LogP contribution in [0.25, 0.3) is 11.0 Å². The van der Waals surface area contributed by atoms with E-state index in [2.05, 4.69) is 10.6 Å². The fourth-order valence-corrected chi connectivity index (χ4v) is 2.64. The molecule has 1 heterocycles. The number of hydrogen-bond donors (Lipinski definition) is 2. The van der Waals surface area contributed by atoms with Crippen LogP contribution in [0.2, 0.25) is 10.0 Å². The molecule has 1 amide bonds. The average Bonchev–Trinajstić information content (AvgIpc) is 2.57. The summed E-state index contributed by atoms with van der Waals surface area (Å²) >= 11 is 11.8. The van der Waals surface area contributed by atoms with Crippen molar-refractivity contribution in [2.75, 3.05) is 17.7 Å². The molecule has 2 N–H and O–H groups in total. The van der Waals surface area contributed by atoms with E-state index in [-0.39, 0.29) is 16.3 Å². The van der Waals surface area contributed by atoms with Crippen molar-refractivity contribution in [2.24, 2.45) is 0 Å². The first-order valence-corrected chi connectivity index (χ1v) is 7.77. The van der Waals surface area contributed by atoms with Crippen LogP contribution >= 0.6 is 23.2 Å². The molecule has 0 radical (unpaired) electrons. The van der Waals surface area contributed by atoms with Crippen molar-refractivity contribution in [3.05, 3.63) is 68.5 Å². The third-order valence-electron chi connectivity index (χ3n) is 3.48. The predicted octanol–water partition coefficient (Wildman–Crippen LogP) is 4.39. The molecule has 0 saturated heterocycles. The van der Waals surface area contributed by atoms with Gasteiger partial charge >= 0.3 is 5.63 Å². The molecule has 0 bridgehead atoms. The van der Waals surface area contributed by atoms with Gasteiger partial charge in [0.15, 0.2) is 5.69 Å². The number of fused-ring (bicyclic) bond motifs is 1. The summed E-state index contributed by atoms with van der Waals surface area (Å²) in [5, 5.41) is 6.79. The molecule has 0 fully saturated rings. The molecule has 0 saturated carbocycles. The fraction of sp³-hybridized carbons (Fsp3) is 0.0588. The number of rotatable bonds is 3. The van der Waals surface area contributed by atoms with Crippen LogP contribution in [0.15, 0.2) is 51.7 Å². The van der Waals surface area contributed by atoms with Crippen LogP contribution in [0, 0.1) is 0 Å². The molecule has 1 aromatic heterocycles. The molecular weight excluding hydrogens is 351 g/mol. The summed E-state index contributed by atoms with van der Waals surface area (Å²) in [4.78, 5) is 24.6. The largest absolute Gasteiger partial charge is 0.421 e. The third kappa shape index (κ3) is 2.96. The van der Waals surface area contributed by atoms with E-state index < -0.39 is 11.5 Å². The maximum absolute atomic E-state index is 12.4. The van der Waals surface area contributed by atoms with Gasteiger partial charge in [-0.2, -0.15) is 0 Å². The Bertz CT molecular complexity index is 999. The number of carbonyl (C=O) groups is 1. The zero-order chi connectivity index (χ0) is 17.3. The van der Waals surface area contributed by atoms with Gasteiger partial charge in [-0.15, -0.1) is 0 Å². The highest BCUT2D eigenvalue weighted by Crippen LogP contribution is 2.29. The number of amides is 1. The topological polar surface area (TPSA) is 71.3 Å². The summed E-state index contributed by atoms with van der Waals surface area (Å²) in [5.41, 5.74) is 0.576. The Morgan fingerprint density at radius 1 is 1.04 bits per heavy atom. The quantitative estimate of drug-likeness (QED) is 0.677. The normalized spacial score (nSPS) is 10.6. The van der Waals surface area contributed by atoms with Crippen LogP contribution in [0.1, 0.15) is 10.4 Å². The molecule has 24 heavy (non-hydrogen) atoms. The van der Waals surface area contributed by atoms with E-state index in [4.69, 9.17) is 27.6 Å². The molecule has 0 unspecified atom stereocenters. The minimum absolute atomic E-state index is 0.0345. The van der Waals surface area contributed by atoms with Gasteiger partial charge in [0.25, 0.3) is 5.91 Å². The van der Waals surface area contributed by atoms with Gasteiger partial charge in [-0.05, 0) is 30.3 Å². The van der Waals surface area contributed by atoms with E-state index in [1.54, 1.807) is 25.2 Å². The lowest BCUT2D eigenvalue weighted by atomic mass is 10.1. The molecule has 5 nitrogen and oxygen atoms in total. The molecule has 0 aliphatic heterocycles. The van der Waals surface area contributed by atoms with Crippen molar-refractivity contribution in [1.82, 2.24) is 0 Å². The molecule has 3 aromatic rings. The first-order valence-electron chi connectivity index (χ1n) is 7.01. The van der Waals surface area contributed by atoms with Gasteiger partial charge in [-0.1, -0.05) is 35.3 Å². The van der Waals surface area contributed by atoms with E-state index in [9.17, 15) is 9.59 Å². The Kier molecular flexibility index (Phi) is 4.46. The standard InChI is InChI=1S/C17H12Cl2N2O3/c1-20-14-10-4-2-3-5-13(10)24-17(23)15(14)21-16(22)9-6-7-11(18)12(19)8-9/h2-8,20H,1H3,(H,21,22). The number of hydrogen-bond acceptors (Lipinski definition) is 4. The highest BCUT2D eigenvalue weighted by atomic mass is 35.5. The van der Waals surface area contributed by atoms with Crippen molar-refractivity contribution in [1.29, 1.82) is 0 Å². The predicted molar refractivity (Wildman–Crippen MR) is 96.4 cm³/mol. The third-order valence-corrected chi connectivity index (χ3v) is 4.22. The Morgan fingerprint density at radius 2 is 1.79 bits per heavy atom. The highest BCUT2D eigenvalue weighted by Gasteiger charge is 2.17. The van der Waals surface area contributed by atoms with E-state index in [0.717, 1.165) is 0 Å². The Balaban J connectivity index is 2.06. The molecule has 122 valence electrons. The number of halogens is 2. The SMILES string of the molecule is CNc1c(NC(=O)c2ccc(Cl)c(Cl)c2)c(=O)oc2ccccc12. The zero-order valence-corrected chi connectivity index (χ0v) is 14.0. The van der Waals surface area contributed by atoms with Crippen LogP contribution in [0.5, 0.6) is 0 Å². The Labute approximate surface area is 147 Å². The molecule has 0 aliphatic rings. The first kappa shape index (κ1) is 16.4. The number of carbonyl (C=O) groups excluding carboxylic acids is 1. The Morgan fingerprint density at radius 3 is 2.50 bits per heavy atom. The minimum Gasteiger partial charge on any atom is -0.421 e. The van der Waals surface area contributed by atoms with Gasteiger partial charge in [0.2, 0.25) is 0 Å². The van der Waals surface area contributed by atoms with E-state index >= 15 is 0 Å². The van der Waals surface area contributed by atoms with Crippen LogP contribution in [-0.4, -0.2) is 13.0 Å². The fourth-order valence-electron chi connectivity index (χ4n) is 2.35. The van der Waals surface area contributed by atoms with Crippen molar-refractivity contribution in [3.63, 3.8) is 0 Å². The van der Waals surface area contributed by atoms with Gasteiger partial charge in [-0.25, -0.2) is 4.79 Å². The monoisotopic (exact) mass is 362 g/mol. The maximum Gasteiger partial charge on any atom is 0.362 e. The van der Waals surface area contributed by atoms with Crippen LogP contribution in [0.4, 0.5) is 11.4 Å². The summed E-state index contributed by atoms with van der Waals surface area (Å²) in [7, 11) is 1.66. The molecule has 7 heteroatoms. The lowest BCUT2D eigenvalue weighted by Crippen LogP contribution is -2.19. The van der Waals surface area contributed by atoms with Gasteiger partial charge in [0.05, 0.1) is 15.7 Å². The van der Waals surface area contributed by atoms with Gasteiger partial charge in [0.1, 0.15) is 5.58 Å². The van der Waals surface area contributed by atoms with Crippen LogP contribution < -0.4 is 16.3 Å². The van der Waals surface area contributed by atoms with E-state index in [1.807, 2.05) is 6.07 Å². The highest BCUT2D eigenvalue weighted by molar-refractivity contribution is 6.42. The molecule has 0 atom stereocenters. The summed E-state index contributed by atoms with van der Waals surface area (Å²) in [6, 6.07) is 11.5. The maximum atomic E-state index is 12.4. The second kappa shape index (κ2) is 6.55. The van der Waals surface area contributed by atoms with Crippen molar-refractivity contribution < 1.29 is 9.21 Å². The van der Waals surface area contributed by atoms with Crippen LogP contribution in [-0.2, 0) is 0 Å². The van der Waals surface area contributed by atoms with Crippen molar-refractivity contribution in [2.45, 2.75) is 0 Å². The molecule has 0 aliphatic carbocycles. The molecular formula is C17H12Cl2N2O3. The summed E-state index contributed by atoms with van der Waals surface area (Å²) in [6.45, 7) is 0. The lowest BCUT2D eigenvalue weighted by Gasteiger charge is -2.12. The summed E-state index contributed by atoms with van der Waals surface area (Å²) in [5.74, 6) is -0.493. The number of para-hydroxylation sites is 1. The Hall–Kier alpha value is -2.50. The first-order chi connectivity index (χ1) is 11.5. The van der Waals surface area contributed by atoms with Gasteiger partial charge in [-0.3, -0.25) is 4.79 Å². The summed E-state index contributed by atoms with van der Waals surface area (Å²) in [6.07, 6.45) is 0. The zero-order valence-electron chi connectivity index (χ0n) is 12.5. The smallest absolute Gasteiger partial charge is 0.362 e. The molecule has 3 rings (SSSR count). The molecule has 0 spiro atoms.